The van der Waals surface area contributed by atoms with Crippen molar-refractivity contribution in [3.05, 3.63) is 0 Å². The average molecular weight is 254 g/mol. The van der Waals surface area contributed by atoms with Crippen molar-refractivity contribution in [2.45, 2.75) is 64.6 Å². The smallest absolute Gasteiger partial charge is 0.0634 e. The molecule has 6 atom stereocenters. The fourth-order valence-corrected chi connectivity index (χ4v) is 4.90. The fourth-order valence-electron chi connectivity index (χ4n) is 4.90. The maximum Gasteiger partial charge on any atom is 0.0634 e. The van der Waals surface area contributed by atoms with Crippen LogP contribution in [0.2, 0.25) is 0 Å². The third kappa shape index (κ3) is 2.34. The molecule has 2 rings (SSSR count). The topological polar surface area (TPSA) is 18.5 Å². The molecule has 2 saturated carbocycles. The number of fused-ring (bicyclic) bond motifs is 1. The molecule has 0 amide bonds. The summed E-state index contributed by atoms with van der Waals surface area (Å²) < 4.78 is 11.9. The zero-order valence-corrected chi connectivity index (χ0v) is 12.5. The Bertz CT molecular complexity index is 194. The standard InChI is InChI=1S/C16H30O2/c1-5-11-12(6-2)16(18-4)14-10-8-7-9-13(14)15(11)17-3/h11-16H,5-10H2,1-4H3. The first-order valence-corrected chi connectivity index (χ1v) is 7.84. The van der Waals surface area contributed by atoms with Crippen LogP contribution in [-0.2, 0) is 9.47 Å². The van der Waals surface area contributed by atoms with Crippen molar-refractivity contribution < 1.29 is 9.47 Å². The van der Waals surface area contributed by atoms with Crippen molar-refractivity contribution in [3.63, 3.8) is 0 Å². The molecule has 0 heterocycles. The molecule has 106 valence electrons. The van der Waals surface area contributed by atoms with Gasteiger partial charge in [-0.25, -0.2) is 0 Å². The van der Waals surface area contributed by atoms with E-state index in [0.29, 0.717) is 24.0 Å². The quantitative estimate of drug-likeness (QED) is 0.758. The molecule has 0 radical (unpaired) electrons. The molecule has 2 aliphatic carbocycles. The van der Waals surface area contributed by atoms with Crippen LogP contribution in [0.4, 0.5) is 0 Å². The van der Waals surface area contributed by atoms with Crippen molar-refractivity contribution in [3.8, 4) is 0 Å². The lowest BCUT2D eigenvalue weighted by Crippen LogP contribution is -2.54. The molecule has 2 aliphatic rings. The van der Waals surface area contributed by atoms with Crippen LogP contribution in [-0.4, -0.2) is 26.4 Å². The minimum atomic E-state index is 0.469. The second-order valence-electron chi connectivity index (χ2n) is 6.16. The number of hydrogen-bond donors (Lipinski definition) is 0. The number of methoxy groups -OCH3 is 2. The second kappa shape index (κ2) is 6.38. The fraction of sp³-hybridized carbons (Fsp3) is 1.00. The number of ether oxygens (including phenoxy) is 2. The van der Waals surface area contributed by atoms with Gasteiger partial charge in [0.15, 0.2) is 0 Å². The molecule has 18 heavy (non-hydrogen) atoms. The SMILES string of the molecule is CCC1C(CC)C(OC)C2CCCCC2C1OC. The van der Waals surface area contributed by atoms with Crippen LogP contribution in [0.5, 0.6) is 0 Å². The number of rotatable bonds is 4. The van der Waals surface area contributed by atoms with Crippen LogP contribution in [0.25, 0.3) is 0 Å². The van der Waals surface area contributed by atoms with Crippen molar-refractivity contribution in [1.82, 2.24) is 0 Å². The van der Waals surface area contributed by atoms with Crippen LogP contribution in [0.15, 0.2) is 0 Å². The van der Waals surface area contributed by atoms with Gasteiger partial charge in [-0.2, -0.15) is 0 Å². The Morgan fingerprint density at radius 2 is 1.17 bits per heavy atom. The Balaban J connectivity index is 2.26. The highest BCUT2D eigenvalue weighted by molar-refractivity contribution is 4.99. The Morgan fingerprint density at radius 1 is 0.778 bits per heavy atom. The Labute approximate surface area is 112 Å². The van der Waals surface area contributed by atoms with Gasteiger partial charge < -0.3 is 9.47 Å². The maximum absolute atomic E-state index is 5.93. The monoisotopic (exact) mass is 254 g/mol. The summed E-state index contributed by atoms with van der Waals surface area (Å²) in [6, 6.07) is 0. The van der Waals surface area contributed by atoms with E-state index < -0.39 is 0 Å². The van der Waals surface area contributed by atoms with E-state index in [1.54, 1.807) is 0 Å². The molecule has 0 aromatic carbocycles. The summed E-state index contributed by atoms with van der Waals surface area (Å²) >= 11 is 0. The average Bonchev–Trinajstić information content (AvgIpc) is 2.44. The van der Waals surface area contributed by atoms with Gasteiger partial charge in [-0.15, -0.1) is 0 Å². The van der Waals surface area contributed by atoms with Crippen LogP contribution in [0, 0.1) is 23.7 Å². The zero-order valence-electron chi connectivity index (χ0n) is 12.5. The molecule has 0 aliphatic heterocycles. The molecule has 0 spiro atoms. The third-order valence-corrected chi connectivity index (χ3v) is 5.60. The molecule has 0 aromatic rings. The molecule has 0 saturated heterocycles. The molecule has 0 bridgehead atoms. The Hall–Kier alpha value is -0.0800. The van der Waals surface area contributed by atoms with E-state index >= 15 is 0 Å². The Morgan fingerprint density at radius 3 is 1.44 bits per heavy atom. The maximum atomic E-state index is 5.93. The largest absolute Gasteiger partial charge is 0.381 e. The van der Waals surface area contributed by atoms with E-state index in [4.69, 9.17) is 9.47 Å². The normalized spacial score (nSPS) is 44.7. The number of hydrogen-bond acceptors (Lipinski definition) is 2. The summed E-state index contributed by atoms with van der Waals surface area (Å²) in [5.74, 6) is 2.84. The Kier molecular flexibility index (Phi) is 5.08. The predicted molar refractivity (Wildman–Crippen MR) is 74.6 cm³/mol. The van der Waals surface area contributed by atoms with Crippen LogP contribution < -0.4 is 0 Å². The summed E-state index contributed by atoms with van der Waals surface area (Å²) in [7, 11) is 3.83. The molecule has 2 heteroatoms. The van der Waals surface area contributed by atoms with E-state index in [1.165, 1.54) is 38.5 Å². The summed E-state index contributed by atoms with van der Waals surface area (Å²) in [6.45, 7) is 4.63. The first kappa shape index (κ1) is 14.3. The zero-order chi connectivity index (χ0) is 13.1. The van der Waals surface area contributed by atoms with E-state index in [2.05, 4.69) is 13.8 Å². The van der Waals surface area contributed by atoms with Crippen molar-refractivity contribution in [2.24, 2.45) is 23.7 Å². The lowest BCUT2D eigenvalue weighted by Gasteiger charge is -2.52. The first-order chi connectivity index (χ1) is 8.78. The van der Waals surface area contributed by atoms with Crippen molar-refractivity contribution in [2.75, 3.05) is 14.2 Å². The third-order valence-electron chi connectivity index (χ3n) is 5.60. The van der Waals surface area contributed by atoms with Crippen LogP contribution >= 0.6 is 0 Å². The van der Waals surface area contributed by atoms with Crippen molar-refractivity contribution >= 4 is 0 Å². The van der Waals surface area contributed by atoms with Crippen LogP contribution in [0.3, 0.4) is 0 Å². The predicted octanol–water partition coefficient (Wildman–Crippen LogP) is 3.89. The van der Waals surface area contributed by atoms with E-state index in [1.807, 2.05) is 14.2 Å². The van der Waals surface area contributed by atoms with E-state index in [-0.39, 0.29) is 0 Å². The summed E-state index contributed by atoms with van der Waals surface area (Å²) in [6.07, 6.45) is 8.83. The van der Waals surface area contributed by atoms with Gasteiger partial charge in [0.1, 0.15) is 0 Å². The van der Waals surface area contributed by atoms with Gasteiger partial charge in [-0.05, 0) is 36.5 Å². The van der Waals surface area contributed by atoms with Gasteiger partial charge >= 0.3 is 0 Å². The molecular formula is C16H30O2. The summed E-state index contributed by atoms with van der Waals surface area (Å²) in [5, 5.41) is 0. The highest BCUT2D eigenvalue weighted by Gasteiger charge is 2.49. The summed E-state index contributed by atoms with van der Waals surface area (Å²) in [5.41, 5.74) is 0. The molecule has 6 unspecified atom stereocenters. The van der Waals surface area contributed by atoms with Gasteiger partial charge in [0.2, 0.25) is 0 Å². The molecule has 2 nitrogen and oxygen atoms in total. The lowest BCUT2D eigenvalue weighted by molar-refractivity contribution is -0.155. The van der Waals surface area contributed by atoms with Gasteiger partial charge in [-0.3, -0.25) is 0 Å². The second-order valence-corrected chi connectivity index (χ2v) is 6.16. The first-order valence-electron chi connectivity index (χ1n) is 7.84. The summed E-state index contributed by atoms with van der Waals surface area (Å²) in [4.78, 5) is 0. The van der Waals surface area contributed by atoms with Gasteiger partial charge in [0.25, 0.3) is 0 Å². The molecular weight excluding hydrogens is 224 g/mol. The molecule has 2 fully saturated rings. The van der Waals surface area contributed by atoms with Gasteiger partial charge in [0, 0.05) is 14.2 Å². The minimum Gasteiger partial charge on any atom is -0.381 e. The van der Waals surface area contributed by atoms with Crippen molar-refractivity contribution in [1.29, 1.82) is 0 Å². The minimum absolute atomic E-state index is 0.469. The molecule has 0 N–H and O–H groups in total. The lowest BCUT2D eigenvalue weighted by atomic mass is 9.59. The van der Waals surface area contributed by atoms with Gasteiger partial charge in [-0.1, -0.05) is 39.5 Å². The molecule has 0 aromatic heterocycles. The highest BCUT2D eigenvalue weighted by Crippen LogP contribution is 2.49. The van der Waals surface area contributed by atoms with Gasteiger partial charge in [0.05, 0.1) is 12.2 Å². The van der Waals surface area contributed by atoms with E-state index in [9.17, 15) is 0 Å². The van der Waals surface area contributed by atoms with Crippen LogP contribution in [0.1, 0.15) is 52.4 Å². The van der Waals surface area contributed by atoms with E-state index in [0.717, 1.165) is 11.8 Å². The highest BCUT2D eigenvalue weighted by atomic mass is 16.5.